The van der Waals surface area contributed by atoms with E-state index in [9.17, 15) is 0 Å². The van der Waals surface area contributed by atoms with E-state index in [1.807, 2.05) is 79.7 Å². The van der Waals surface area contributed by atoms with Crippen LogP contribution < -0.4 is 14.8 Å². The number of rotatable bonds is 13. The molecule has 0 radical (unpaired) electrons. The van der Waals surface area contributed by atoms with Crippen LogP contribution >= 0.6 is 35.8 Å². The molecule has 4 rings (SSSR count). The number of nitrogens with zero attached hydrogens (tertiary/aromatic N) is 4. The van der Waals surface area contributed by atoms with Gasteiger partial charge in [-0.25, -0.2) is 0 Å². The van der Waals surface area contributed by atoms with Crippen molar-refractivity contribution in [2.24, 2.45) is 0 Å². The van der Waals surface area contributed by atoms with Crippen molar-refractivity contribution in [2.75, 3.05) is 18.9 Å². The van der Waals surface area contributed by atoms with Gasteiger partial charge in [0.15, 0.2) is 11.5 Å². The van der Waals surface area contributed by atoms with E-state index in [0.29, 0.717) is 36.3 Å². The van der Waals surface area contributed by atoms with Crippen molar-refractivity contribution >= 4 is 35.8 Å². The van der Waals surface area contributed by atoms with Crippen molar-refractivity contribution in [3.05, 3.63) is 88.9 Å². The molecule has 4 aromatic rings. The highest BCUT2D eigenvalue weighted by Crippen LogP contribution is 2.37. The molecule has 0 aliphatic rings. The molecule has 0 aliphatic heterocycles. The molecule has 0 saturated heterocycles. The molecule has 1 heterocycles. The lowest BCUT2D eigenvalue weighted by Crippen LogP contribution is -2.15. The van der Waals surface area contributed by atoms with Crippen molar-refractivity contribution in [1.82, 2.24) is 25.5 Å². The van der Waals surface area contributed by atoms with Crippen molar-refractivity contribution in [2.45, 2.75) is 31.7 Å². The Bertz CT molecular complexity index is 1200. The Labute approximate surface area is 226 Å². The van der Waals surface area contributed by atoms with E-state index in [1.54, 1.807) is 16.4 Å². The minimum atomic E-state index is 0. The summed E-state index contributed by atoms with van der Waals surface area (Å²) in [4.78, 5) is 0. The highest BCUT2D eigenvalue weighted by molar-refractivity contribution is 7.99. The number of hydrogen-bond donors (Lipinski definition) is 1. The first-order chi connectivity index (χ1) is 17.2. The van der Waals surface area contributed by atoms with Crippen molar-refractivity contribution in [1.29, 1.82) is 0 Å². The van der Waals surface area contributed by atoms with Gasteiger partial charge >= 0.3 is 0 Å². The number of para-hydroxylation sites is 1. The molecule has 10 heteroatoms. The quantitative estimate of drug-likeness (QED) is 0.163. The van der Waals surface area contributed by atoms with Crippen LogP contribution in [-0.2, 0) is 13.2 Å². The molecule has 0 fully saturated rings. The first kappa shape index (κ1) is 27.8. The number of benzene rings is 3. The molecule has 7 nitrogen and oxygen atoms in total. The molecule has 1 aromatic heterocycles. The Morgan fingerprint density at radius 2 is 1.72 bits per heavy atom. The summed E-state index contributed by atoms with van der Waals surface area (Å²) in [6, 6.07) is 23.8. The summed E-state index contributed by atoms with van der Waals surface area (Å²) >= 11 is 8.21. The third-order valence-electron chi connectivity index (χ3n) is 5.09. The van der Waals surface area contributed by atoms with Crippen LogP contribution in [0.5, 0.6) is 11.5 Å². The molecule has 36 heavy (non-hydrogen) atoms. The van der Waals surface area contributed by atoms with Gasteiger partial charge in [0.1, 0.15) is 6.61 Å². The molecular weight excluding hydrogens is 517 g/mol. The van der Waals surface area contributed by atoms with Gasteiger partial charge < -0.3 is 14.8 Å². The molecule has 0 amide bonds. The predicted molar refractivity (Wildman–Crippen MR) is 147 cm³/mol. The van der Waals surface area contributed by atoms with Gasteiger partial charge in [0.2, 0.25) is 5.16 Å². The average Bonchev–Trinajstić information content (AvgIpc) is 3.35. The van der Waals surface area contributed by atoms with E-state index in [0.717, 1.165) is 40.7 Å². The Hall–Kier alpha value is -2.78. The fourth-order valence-corrected chi connectivity index (χ4v) is 4.57. The van der Waals surface area contributed by atoms with Crippen LogP contribution in [0.2, 0.25) is 5.02 Å². The lowest BCUT2D eigenvalue weighted by atomic mass is 10.2. The van der Waals surface area contributed by atoms with Crippen LogP contribution in [0.15, 0.2) is 78.0 Å². The lowest BCUT2D eigenvalue weighted by molar-refractivity contribution is 0.269. The largest absolute Gasteiger partial charge is 0.490 e. The third-order valence-corrected chi connectivity index (χ3v) is 6.38. The minimum absolute atomic E-state index is 0. The van der Waals surface area contributed by atoms with E-state index < -0.39 is 0 Å². The zero-order chi connectivity index (χ0) is 24.3. The summed E-state index contributed by atoms with van der Waals surface area (Å²) in [6.07, 6.45) is 0.969. The van der Waals surface area contributed by atoms with Crippen LogP contribution in [-0.4, -0.2) is 39.1 Å². The van der Waals surface area contributed by atoms with E-state index in [4.69, 9.17) is 21.1 Å². The third kappa shape index (κ3) is 7.86. The number of halogens is 2. The Morgan fingerprint density at radius 3 is 2.47 bits per heavy atom. The summed E-state index contributed by atoms with van der Waals surface area (Å²) in [5.74, 6) is 2.14. The van der Waals surface area contributed by atoms with Crippen molar-refractivity contribution in [3.63, 3.8) is 0 Å². The number of ether oxygens (including phenoxy) is 2. The topological polar surface area (TPSA) is 74.1 Å². The smallest absolute Gasteiger partial charge is 0.214 e. The minimum Gasteiger partial charge on any atom is -0.490 e. The van der Waals surface area contributed by atoms with Crippen LogP contribution in [0.3, 0.4) is 0 Å². The van der Waals surface area contributed by atoms with Crippen LogP contribution in [0.4, 0.5) is 0 Å². The molecule has 0 saturated carbocycles. The van der Waals surface area contributed by atoms with Crippen molar-refractivity contribution in [3.8, 4) is 17.2 Å². The van der Waals surface area contributed by atoms with Gasteiger partial charge in [0.05, 0.1) is 17.3 Å². The fraction of sp³-hybridized carbons (Fsp3) is 0.269. The number of nitrogens with one attached hydrogen (secondary N) is 1. The molecule has 0 atom stereocenters. The van der Waals surface area contributed by atoms with Crippen LogP contribution in [0.1, 0.15) is 24.5 Å². The van der Waals surface area contributed by atoms with Gasteiger partial charge in [0.25, 0.3) is 0 Å². The SMILES string of the molecule is CCOc1cc(CNCCCSc2nnnn2-c2ccccc2)cc(Cl)c1OCc1ccccc1.Cl. The van der Waals surface area contributed by atoms with Gasteiger partial charge in [0, 0.05) is 12.3 Å². The summed E-state index contributed by atoms with van der Waals surface area (Å²) in [5, 5.41) is 16.9. The van der Waals surface area contributed by atoms with E-state index in [2.05, 4.69) is 20.8 Å². The number of thioether (sulfide) groups is 1. The van der Waals surface area contributed by atoms with E-state index in [1.165, 1.54) is 0 Å². The molecule has 0 bridgehead atoms. The van der Waals surface area contributed by atoms with E-state index in [-0.39, 0.29) is 12.4 Å². The van der Waals surface area contributed by atoms with Gasteiger partial charge in [-0.05, 0) is 65.7 Å². The van der Waals surface area contributed by atoms with Crippen LogP contribution in [0.25, 0.3) is 5.69 Å². The van der Waals surface area contributed by atoms with Gasteiger partial charge in [-0.1, -0.05) is 71.9 Å². The monoisotopic (exact) mass is 545 g/mol. The van der Waals surface area contributed by atoms with Crippen LogP contribution in [0, 0.1) is 0 Å². The molecule has 0 unspecified atom stereocenters. The second-order valence-electron chi connectivity index (χ2n) is 7.70. The summed E-state index contributed by atoms with van der Waals surface area (Å²) in [5.41, 5.74) is 3.08. The summed E-state index contributed by atoms with van der Waals surface area (Å²) < 4.78 is 13.6. The van der Waals surface area contributed by atoms with Crippen molar-refractivity contribution < 1.29 is 9.47 Å². The summed E-state index contributed by atoms with van der Waals surface area (Å²) in [6.45, 7) is 4.46. The second-order valence-corrected chi connectivity index (χ2v) is 9.17. The highest BCUT2D eigenvalue weighted by Gasteiger charge is 2.13. The predicted octanol–water partition coefficient (Wildman–Crippen LogP) is 5.99. The molecule has 3 aromatic carbocycles. The first-order valence-corrected chi connectivity index (χ1v) is 12.9. The second kappa shape index (κ2) is 14.7. The maximum absolute atomic E-state index is 6.56. The Morgan fingerprint density at radius 1 is 0.972 bits per heavy atom. The van der Waals surface area contributed by atoms with E-state index >= 15 is 0 Å². The van der Waals surface area contributed by atoms with Gasteiger partial charge in [-0.2, -0.15) is 4.68 Å². The standard InChI is InChI=1S/C26H28ClN5O2S.ClH/c1-2-33-24-17-21(16-23(27)25(24)34-19-20-10-5-3-6-11-20)18-28-14-9-15-35-26-29-30-31-32(26)22-12-7-4-8-13-22;/h3-8,10-13,16-17,28H,2,9,14-15,18-19H2,1H3;1H. The number of tetrazole rings is 1. The van der Waals surface area contributed by atoms with Gasteiger partial charge in [-0.3, -0.25) is 0 Å². The maximum Gasteiger partial charge on any atom is 0.214 e. The molecular formula is C26H29Cl2N5O2S. The molecule has 0 aliphatic carbocycles. The maximum atomic E-state index is 6.56. The lowest BCUT2D eigenvalue weighted by Gasteiger charge is -2.16. The first-order valence-electron chi connectivity index (χ1n) is 11.5. The fourth-order valence-electron chi connectivity index (χ4n) is 3.45. The zero-order valence-electron chi connectivity index (χ0n) is 20.0. The normalized spacial score (nSPS) is 10.6. The number of aromatic nitrogens is 4. The molecule has 1 N–H and O–H groups in total. The zero-order valence-corrected chi connectivity index (χ0v) is 22.4. The Kier molecular flexibility index (Phi) is 11.4. The summed E-state index contributed by atoms with van der Waals surface area (Å²) in [7, 11) is 0. The highest BCUT2D eigenvalue weighted by atomic mass is 35.5. The number of hydrogen-bond acceptors (Lipinski definition) is 7. The van der Waals surface area contributed by atoms with Gasteiger partial charge in [-0.15, -0.1) is 17.5 Å². The average molecular weight is 547 g/mol. The molecule has 190 valence electrons. The molecule has 0 spiro atoms. The Balaban J connectivity index is 0.00000361.